The van der Waals surface area contributed by atoms with Gasteiger partial charge in [0.25, 0.3) is 11.8 Å². The number of amides is 4. The number of imide groups is 2. The molecule has 7 heteroatoms. The number of barbiturate groups is 1. The highest BCUT2D eigenvalue weighted by Gasteiger charge is 2.36. The van der Waals surface area contributed by atoms with E-state index in [-0.39, 0.29) is 11.3 Å². The van der Waals surface area contributed by atoms with E-state index in [9.17, 15) is 14.4 Å². The minimum absolute atomic E-state index is 0.165. The number of halogens is 1. The number of aryl methyl sites for hydroxylation is 2. The summed E-state index contributed by atoms with van der Waals surface area (Å²) in [5.41, 5.74) is 3.70. The average molecular weight is 461 g/mol. The van der Waals surface area contributed by atoms with Gasteiger partial charge in [0.2, 0.25) is 0 Å². The van der Waals surface area contributed by atoms with Crippen molar-refractivity contribution in [3.05, 3.63) is 99.6 Å². The van der Waals surface area contributed by atoms with Gasteiger partial charge in [-0.25, -0.2) is 9.69 Å². The van der Waals surface area contributed by atoms with Crippen molar-refractivity contribution in [3.8, 4) is 5.75 Å². The Hall–Kier alpha value is -3.90. The van der Waals surface area contributed by atoms with Crippen molar-refractivity contribution in [3.63, 3.8) is 0 Å². The van der Waals surface area contributed by atoms with Gasteiger partial charge in [0.15, 0.2) is 0 Å². The first-order valence-electron chi connectivity index (χ1n) is 10.3. The van der Waals surface area contributed by atoms with Crippen molar-refractivity contribution in [1.29, 1.82) is 0 Å². The molecule has 4 amide bonds. The van der Waals surface area contributed by atoms with Crippen LogP contribution in [0.1, 0.15) is 22.3 Å². The first-order chi connectivity index (χ1) is 15.8. The zero-order chi connectivity index (χ0) is 23.5. The molecule has 1 heterocycles. The standard InChI is InChI=1S/C26H21ClN2O4/c1-16-6-9-18(10-7-16)15-33-21-5-3-4-19(12-21)13-22-24(30)28-26(32)29(25(22)31)20-11-8-17(2)23(27)14-20/h3-14H,15H2,1-2H3,(H,28,30,32)/b22-13-. The minimum atomic E-state index is -0.822. The highest BCUT2D eigenvalue weighted by molar-refractivity contribution is 6.39. The molecule has 1 fully saturated rings. The van der Waals surface area contributed by atoms with Gasteiger partial charge in [-0.05, 0) is 60.9 Å². The normalized spacial score (nSPS) is 15.1. The number of nitrogens with zero attached hydrogens (tertiary/aromatic N) is 1. The van der Waals surface area contributed by atoms with E-state index in [1.807, 2.05) is 38.1 Å². The van der Waals surface area contributed by atoms with Crippen LogP contribution >= 0.6 is 11.6 Å². The number of hydrogen-bond donors (Lipinski definition) is 1. The third-order valence-electron chi connectivity index (χ3n) is 5.21. The van der Waals surface area contributed by atoms with Crippen molar-refractivity contribution < 1.29 is 19.1 Å². The molecular formula is C26H21ClN2O4. The molecule has 0 unspecified atom stereocenters. The average Bonchev–Trinajstić information content (AvgIpc) is 2.79. The summed E-state index contributed by atoms with van der Waals surface area (Å²) < 4.78 is 5.85. The maximum atomic E-state index is 13.1. The SMILES string of the molecule is Cc1ccc(COc2cccc(/C=C3/C(=O)NC(=O)N(c4ccc(C)c(Cl)c4)C3=O)c2)cc1. The Balaban J connectivity index is 1.58. The molecule has 0 aliphatic carbocycles. The Morgan fingerprint density at radius 2 is 1.73 bits per heavy atom. The van der Waals surface area contributed by atoms with Crippen LogP contribution in [-0.2, 0) is 16.2 Å². The van der Waals surface area contributed by atoms with E-state index in [1.54, 1.807) is 36.4 Å². The Morgan fingerprint density at radius 1 is 0.970 bits per heavy atom. The third-order valence-corrected chi connectivity index (χ3v) is 5.62. The number of ether oxygens (including phenoxy) is 1. The summed E-state index contributed by atoms with van der Waals surface area (Å²) in [5.74, 6) is -0.896. The van der Waals surface area contributed by atoms with Gasteiger partial charge in [0.1, 0.15) is 17.9 Å². The Kier molecular flexibility index (Phi) is 6.29. The topological polar surface area (TPSA) is 75.7 Å². The lowest BCUT2D eigenvalue weighted by atomic mass is 10.1. The van der Waals surface area contributed by atoms with Crippen LogP contribution in [0.5, 0.6) is 5.75 Å². The van der Waals surface area contributed by atoms with Crippen LogP contribution in [0.15, 0.2) is 72.3 Å². The van der Waals surface area contributed by atoms with Crippen molar-refractivity contribution in [2.24, 2.45) is 0 Å². The number of rotatable bonds is 5. The van der Waals surface area contributed by atoms with Gasteiger partial charge in [0.05, 0.1) is 5.69 Å². The zero-order valence-electron chi connectivity index (χ0n) is 18.1. The molecule has 0 saturated carbocycles. The number of anilines is 1. The number of benzene rings is 3. The lowest BCUT2D eigenvalue weighted by Gasteiger charge is -2.26. The molecule has 166 valence electrons. The fourth-order valence-corrected chi connectivity index (χ4v) is 3.50. The Labute approximate surface area is 196 Å². The highest BCUT2D eigenvalue weighted by atomic mass is 35.5. The monoisotopic (exact) mass is 460 g/mol. The van der Waals surface area contributed by atoms with Gasteiger partial charge in [0, 0.05) is 5.02 Å². The summed E-state index contributed by atoms with van der Waals surface area (Å²) in [6.45, 7) is 4.22. The van der Waals surface area contributed by atoms with Gasteiger partial charge in [-0.3, -0.25) is 14.9 Å². The second-order valence-electron chi connectivity index (χ2n) is 7.74. The largest absolute Gasteiger partial charge is 0.489 e. The highest BCUT2D eigenvalue weighted by Crippen LogP contribution is 2.27. The van der Waals surface area contributed by atoms with E-state index in [2.05, 4.69) is 5.32 Å². The third kappa shape index (κ3) is 4.96. The molecule has 3 aromatic carbocycles. The van der Waals surface area contributed by atoms with Crippen molar-refractivity contribution in [2.45, 2.75) is 20.5 Å². The summed E-state index contributed by atoms with van der Waals surface area (Å²) in [4.78, 5) is 38.8. The van der Waals surface area contributed by atoms with Gasteiger partial charge in [-0.15, -0.1) is 0 Å². The van der Waals surface area contributed by atoms with Crippen LogP contribution in [0.2, 0.25) is 5.02 Å². The predicted octanol–water partition coefficient (Wildman–Crippen LogP) is 5.20. The summed E-state index contributed by atoms with van der Waals surface area (Å²) in [6.07, 6.45) is 1.44. The lowest BCUT2D eigenvalue weighted by molar-refractivity contribution is -0.122. The van der Waals surface area contributed by atoms with E-state index in [1.165, 1.54) is 17.7 Å². The molecule has 0 bridgehead atoms. The smallest absolute Gasteiger partial charge is 0.335 e. The molecule has 4 rings (SSSR count). The molecule has 1 aliphatic rings. The van der Waals surface area contributed by atoms with Crippen molar-refractivity contribution in [2.75, 3.05) is 4.90 Å². The molecule has 0 radical (unpaired) electrons. The number of hydrogen-bond acceptors (Lipinski definition) is 4. The van der Waals surface area contributed by atoms with Gasteiger partial charge >= 0.3 is 6.03 Å². The summed E-state index contributed by atoms with van der Waals surface area (Å²) >= 11 is 6.16. The van der Waals surface area contributed by atoms with Crippen LogP contribution in [0, 0.1) is 13.8 Å². The summed E-state index contributed by atoms with van der Waals surface area (Å²) in [5, 5.41) is 2.62. The maximum Gasteiger partial charge on any atom is 0.335 e. The molecular weight excluding hydrogens is 440 g/mol. The first-order valence-corrected chi connectivity index (χ1v) is 10.7. The molecule has 33 heavy (non-hydrogen) atoms. The Bertz CT molecular complexity index is 1280. The molecule has 3 aromatic rings. The van der Waals surface area contributed by atoms with Crippen LogP contribution in [-0.4, -0.2) is 17.8 Å². The molecule has 1 saturated heterocycles. The first kappa shape index (κ1) is 22.3. The quantitative estimate of drug-likeness (QED) is 0.419. The second-order valence-corrected chi connectivity index (χ2v) is 8.15. The van der Waals surface area contributed by atoms with Crippen LogP contribution < -0.4 is 15.0 Å². The molecule has 6 nitrogen and oxygen atoms in total. The van der Waals surface area contributed by atoms with Crippen molar-refractivity contribution in [1.82, 2.24) is 5.32 Å². The number of urea groups is 1. The van der Waals surface area contributed by atoms with E-state index >= 15 is 0 Å². The lowest BCUT2D eigenvalue weighted by Crippen LogP contribution is -2.54. The predicted molar refractivity (Wildman–Crippen MR) is 127 cm³/mol. The maximum absolute atomic E-state index is 13.1. The van der Waals surface area contributed by atoms with Crippen LogP contribution in [0.25, 0.3) is 6.08 Å². The zero-order valence-corrected chi connectivity index (χ0v) is 18.8. The van der Waals surface area contributed by atoms with Crippen LogP contribution in [0.4, 0.5) is 10.5 Å². The van der Waals surface area contributed by atoms with Crippen molar-refractivity contribution >= 4 is 41.2 Å². The molecule has 0 aromatic heterocycles. The van der Waals surface area contributed by atoms with E-state index in [4.69, 9.17) is 16.3 Å². The minimum Gasteiger partial charge on any atom is -0.489 e. The summed E-state index contributed by atoms with van der Waals surface area (Å²) in [6, 6.07) is 19.1. The fourth-order valence-electron chi connectivity index (χ4n) is 3.32. The molecule has 1 aliphatic heterocycles. The Morgan fingerprint density at radius 3 is 2.45 bits per heavy atom. The number of carbonyl (C=O) groups is 3. The van der Waals surface area contributed by atoms with E-state index < -0.39 is 17.8 Å². The number of carbonyl (C=O) groups excluding carboxylic acids is 3. The molecule has 0 atom stereocenters. The van der Waals surface area contributed by atoms with E-state index in [0.29, 0.717) is 22.9 Å². The second kappa shape index (κ2) is 9.30. The summed E-state index contributed by atoms with van der Waals surface area (Å²) in [7, 11) is 0. The van der Waals surface area contributed by atoms with Gasteiger partial charge in [-0.1, -0.05) is 59.6 Å². The molecule has 1 N–H and O–H groups in total. The van der Waals surface area contributed by atoms with Gasteiger partial charge in [-0.2, -0.15) is 0 Å². The van der Waals surface area contributed by atoms with E-state index in [0.717, 1.165) is 16.0 Å². The number of nitrogens with one attached hydrogen (secondary N) is 1. The van der Waals surface area contributed by atoms with Gasteiger partial charge < -0.3 is 4.74 Å². The molecule has 0 spiro atoms. The fraction of sp³-hybridized carbons (Fsp3) is 0.115. The van der Waals surface area contributed by atoms with Crippen LogP contribution in [0.3, 0.4) is 0 Å².